The summed E-state index contributed by atoms with van der Waals surface area (Å²) in [5, 5.41) is 0. The first kappa shape index (κ1) is 18.8. The Bertz CT molecular complexity index is 719. The Morgan fingerprint density at radius 3 is 2.24 bits per heavy atom. The molecule has 0 bridgehead atoms. The fourth-order valence-corrected chi connectivity index (χ4v) is 2.95. The van der Waals surface area contributed by atoms with Crippen molar-refractivity contribution >= 4 is 11.9 Å². The summed E-state index contributed by atoms with van der Waals surface area (Å²) < 4.78 is 9.76. The highest BCUT2D eigenvalue weighted by molar-refractivity contribution is 6.05. The number of rotatable bonds is 8. The molecular weight excluding hydrogens is 318 g/mol. The first-order valence-electron chi connectivity index (χ1n) is 8.60. The number of H-pyrrole nitrogens is 1. The molecule has 5 nitrogen and oxygen atoms in total. The molecule has 0 saturated carbocycles. The SMILES string of the molecule is CCCCCCc1c(-c2ccccc2)[nH]c(C(=O)OC)c1C(=O)OC. The van der Waals surface area contributed by atoms with E-state index in [4.69, 9.17) is 9.47 Å². The third-order valence-electron chi connectivity index (χ3n) is 4.23. The van der Waals surface area contributed by atoms with E-state index in [0.29, 0.717) is 6.42 Å². The molecule has 0 spiro atoms. The number of aromatic nitrogens is 1. The van der Waals surface area contributed by atoms with Gasteiger partial charge in [0.2, 0.25) is 0 Å². The zero-order chi connectivity index (χ0) is 18.2. The molecule has 0 fully saturated rings. The number of carbonyl (C=O) groups is 2. The van der Waals surface area contributed by atoms with E-state index in [0.717, 1.165) is 42.5 Å². The third kappa shape index (κ3) is 4.29. The average Bonchev–Trinajstić information content (AvgIpc) is 3.04. The Morgan fingerprint density at radius 2 is 1.64 bits per heavy atom. The van der Waals surface area contributed by atoms with Gasteiger partial charge in [-0.2, -0.15) is 0 Å². The van der Waals surface area contributed by atoms with Crippen LogP contribution in [0.25, 0.3) is 11.3 Å². The van der Waals surface area contributed by atoms with Crippen LogP contribution in [-0.4, -0.2) is 31.1 Å². The summed E-state index contributed by atoms with van der Waals surface area (Å²) in [5.74, 6) is -1.10. The maximum Gasteiger partial charge on any atom is 0.355 e. The molecular formula is C20H25NO4. The van der Waals surface area contributed by atoms with Crippen molar-refractivity contribution in [3.05, 3.63) is 47.2 Å². The number of benzene rings is 1. The topological polar surface area (TPSA) is 68.4 Å². The molecule has 1 heterocycles. The number of nitrogens with one attached hydrogen (secondary N) is 1. The van der Waals surface area contributed by atoms with E-state index >= 15 is 0 Å². The Labute approximate surface area is 148 Å². The Hall–Kier alpha value is -2.56. The van der Waals surface area contributed by atoms with Crippen molar-refractivity contribution < 1.29 is 19.1 Å². The second-order valence-corrected chi connectivity index (χ2v) is 5.89. The lowest BCUT2D eigenvalue weighted by Crippen LogP contribution is -2.12. The van der Waals surface area contributed by atoms with Gasteiger partial charge in [0.15, 0.2) is 0 Å². The Morgan fingerprint density at radius 1 is 0.960 bits per heavy atom. The molecule has 134 valence electrons. The van der Waals surface area contributed by atoms with Gasteiger partial charge < -0.3 is 14.5 Å². The monoisotopic (exact) mass is 343 g/mol. The highest BCUT2D eigenvalue weighted by Crippen LogP contribution is 2.31. The predicted molar refractivity (Wildman–Crippen MR) is 96.8 cm³/mol. The average molecular weight is 343 g/mol. The first-order valence-corrected chi connectivity index (χ1v) is 8.60. The summed E-state index contributed by atoms with van der Waals surface area (Å²) >= 11 is 0. The summed E-state index contributed by atoms with van der Waals surface area (Å²) in [7, 11) is 2.62. The minimum Gasteiger partial charge on any atom is -0.465 e. The van der Waals surface area contributed by atoms with Gasteiger partial charge in [0.25, 0.3) is 0 Å². The van der Waals surface area contributed by atoms with Crippen LogP contribution in [0, 0.1) is 0 Å². The normalized spacial score (nSPS) is 10.5. The Kier molecular flexibility index (Phi) is 6.81. The molecule has 0 radical (unpaired) electrons. The molecule has 0 atom stereocenters. The number of aromatic amines is 1. The lowest BCUT2D eigenvalue weighted by molar-refractivity contribution is 0.0551. The number of hydrogen-bond donors (Lipinski definition) is 1. The second-order valence-electron chi connectivity index (χ2n) is 5.89. The van der Waals surface area contributed by atoms with Crippen LogP contribution in [0.2, 0.25) is 0 Å². The van der Waals surface area contributed by atoms with Gasteiger partial charge in [-0.05, 0) is 24.0 Å². The van der Waals surface area contributed by atoms with Gasteiger partial charge in [-0.3, -0.25) is 0 Å². The molecule has 1 aromatic carbocycles. The molecule has 0 aliphatic carbocycles. The summed E-state index contributed by atoms with van der Waals surface area (Å²) in [6, 6.07) is 9.67. The quantitative estimate of drug-likeness (QED) is 0.570. The maximum absolute atomic E-state index is 12.4. The highest BCUT2D eigenvalue weighted by atomic mass is 16.5. The van der Waals surface area contributed by atoms with E-state index in [-0.39, 0.29) is 11.3 Å². The standard InChI is InChI=1S/C20H25NO4/c1-4-5-6-10-13-15-16(19(22)24-2)18(20(23)25-3)21-17(15)14-11-8-7-9-12-14/h7-9,11-12,21H,4-6,10,13H2,1-3H3. The molecule has 1 N–H and O–H groups in total. The molecule has 5 heteroatoms. The van der Waals surface area contributed by atoms with Crippen molar-refractivity contribution in [3.63, 3.8) is 0 Å². The molecule has 2 aromatic rings. The number of unbranched alkanes of at least 4 members (excludes halogenated alkanes) is 3. The van der Waals surface area contributed by atoms with E-state index in [1.165, 1.54) is 14.2 Å². The molecule has 1 aromatic heterocycles. The van der Waals surface area contributed by atoms with Crippen LogP contribution >= 0.6 is 0 Å². The smallest absolute Gasteiger partial charge is 0.355 e. The molecule has 0 amide bonds. The van der Waals surface area contributed by atoms with Gasteiger partial charge >= 0.3 is 11.9 Å². The Balaban J connectivity index is 2.54. The van der Waals surface area contributed by atoms with Crippen LogP contribution in [0.4, 0.5) is 0 Å². The van der Waals surface area contributed by atoms with Gasteiger partial charge in [-0.1, -0.05) is 56.5 Å². The number of ether oxygens (including phenoxy) is 2. The lowest BCUT2D eigenvalue weighted by Gasteiger charge is -2.07. The first-order chi connectivity index (χ1) is 12.1. The number of carbonyl (C=O) groups excluding carboxylic acids is 2. The van der Waals surface area contributed by atoms with E-state index in [9.17, 15) is 9.59 Å². The van der Waals surface area contributed by atoms with Crippen molar-refractivity contribution in [3.8, 4) is 11.3 Å². The van der Waals surface area contributed by atoms with E-state index in [2.05, 4.69) is 11.9 Å². The van der Waals surface area contributed by atoms with Gasteiger partial charge in [0.1, 0.15) is 5.69 Å². The van der Waals surface area contributed by atoms with Crippen molar-refractivity contribution in [1.82, 2.24) is 4.98 Å². The molecule has 2 rings (SSSR count). The van der Waals surface area contributed by atoms with Gasteiger partial charge in [-0.15, -0.1) is 0 Å². The van der Waals surface area contributed by atoms with Crippen molar-refractivity contribution in [1.29, 1.82) is 0 Å². The van der Waals surface area contributed by atoms with Gasteiger partial charge in [-0.25, -0.2) is 9.59 Å². The molecule has 0 aliphatic heterocycles. The van der Waals surface area contributed by atoms with Crippen molar-refractivity contribution in [2.45, 2.75) is 39.0 Å². The molecule has 0 saturated heterocycles. The minimum absolute atomic E-state index is 0.152. The summed E-state index contributed by atoms with van der Waals surface area (Å²) in [4.78, 5) is 27.6. The fourth-order valence-electron chi connectivity index (χ4n) is 2.95. The van der Waals surface area contributed by atoms with Crippen molar-refractivity contribution in [2.75, 3.05) is 14.2 Å². The van der Waals surface area contributed by atoms with E-state index < -0.39 is 11.9 Å². The largest absolute Gasteiger partial charge is 0.465 e. The molecule has 0 unspecified atom stereocenters. The number of esters is 2. The summed E-state index contributed by atoms with van der Waals surface area (Å²) in [6.45, 7) is 2.15. The van der Waals surface area contributed by atoms with Crippen molar-refractivity contribution in [2.24, 2.45) is 0 Å². The second kappa shape index (κ2) is 9.06. The lowest BCUT2D eigenvalue weighted by atomic mass is 9.98. The highest BCUT2D eigenvalue weighted by Gasteiger charge is 2.28. The van der Waals surface area contributed by atoms with Crippen LogP contribution in [0.5, 0.6) is 0 Å². The predicted octanol–water partition coefficient (Wildman–Crippen LogP) is 4.38. The number of methoxy groups -OCH3 is 2. The summed E-state index contributed by atoms with van der Waals surface area (Å²) in [6.07, 6.45) is 4.99. The van der Waals surface area contributed by atoms with Crippen LogP contribution in [0.3, 0.4) is 0 Å². The minimum atomic E-state index is -0.572. The van der Waals surface area contributed by atoms with Crippen LogP contribution in [-0.2, 0) is 15.9 Å². The van der Waals surface area contributed by atoms with E-state index in [1.54, 1.807) is 0 Å². The van der Waals surface area contributed by atoms with Crippen LogP contribution < -0.4 is 0 Å². The number of hydrogen-bond acceptors (Lipinski definition) is 4. The molecule has 25 heavy (non-hydrogen) atoms. The summed E-state index contributed by atoms with van der Waals surface area (Å²) in [5.41, 5.74) is 2.95. The zero-order valence-corrected chi connectivity index (χ0v) is 15.1. The maximum atomic E-state index is 12.4. The third-order valence-corrected chi connectivity index (χ3v) is 4.23. The zero-order valence-electron chi connectivity index (χ0n) is 15.1. The van der Waals surface area contributed by atoms with Gasteiger partial charge in [0, 0.05) is 0 Å². The fraction of sp³-hybridized carbons (Fsp3) is 0.400. The molecule has 0 aliphatic rings. The van der Waals surface area contributed by atoms with E-state index in [1.807, 2.05) is 30.3 Å². The van der Waals surface area contributed by atoms with Crippen LogP contribution in [0.15, 0.2) is 30.3 Å². The van der Waals surface area contributed by atoms with Gasteiger partial charge in [0.05, 0.1) is 25.5 Å². The van der Waals surface area contributed by atoms with Crippen LogP contribution in [0.1, 0.15) is 59.0 Å².